The molecule has 0 bridgehead atoms. The molecule has 0 aliphatic rings. The Kier molecular flexibility index (Phi) is 8.50. The maximum absolute atomic E-state index is 12.6. The number of amides is 1. The molecule has 182 valence electrons. The summed E-state index contributed by atoms with van der Waals surface area (Å²) in [5.74, 6) is 2.63. The van der Waals surface area contributed by atoms with Crippen LogP contribution in [0.5, 0.6) is 5.75 Å². The zero-order valence-electron chi connectivity index (χ0n) is 19.6. The van der Waals surface area contributed by atoms with Crippen LogP contribution in [0.3, 0.4) is 0 Å². The first-order valence-electron chi connectivity index (χ1n) is 11.4. The number of hydrogen-bond acceptors (Lipinski definition) is 6. The number of hydrogen-bond donors (Lipinski definition) is 1. The Morgan fingerprint density at radius 3 is 2.60 bits per heavy atom. The van der Waals surface area contributed by atoms with Crippen molar-refractivity contribution in [3.05, 3.63) is 89.1 Å². The number of nitrogens with zero attached hydrogens (tertiary/aromatic N) is 3. The summed E-state index contributed by atoms with van der Waals surface area (Å²) in [5, 5.41) is 12.8. The van der Waals surface area contributed by atoms with Gasteiger partial charge in [0.25, 0.3) is 0 Å². The molecular formula is C26H27ClN4O3S. The van der Waals surface area contributed by atoms with Crippen molar-refractivity contribution in [3.63, 3.8) is 0 Å². The number of carbonyl (C=O) groups is 1. The second kappa shape index (κ2) is 12.0. The zero-order valence-corrected chi connectivity index (χ0v) is 21.2. The molecule has 4 aromatic rings. The minimum absolute atomic E-state index is 0.113. The predicted molar refractivity (Wildman–Crippen MR) is 138 cm³/mol. The lowest BCUT2D eigenvalue weighted by Crippen LogP contribution is -2.15. The summed E-state index contributed by atoms with van der Waals surface area (Å²) in [6, 6.07) is 18.8. The number of anilines is 1. The molecule has 2 aromatic heterocycles. The summed E-state index contributed by atoms with van der Waals surface area (Å²) in [6.07, 6.45) is 2.70. The summed E-state index contributed by atoms with van der Waals surface area (Å²) in [5.41, 5.74) is 2.04. The van der Waals surface area contributed by atoms with Gasteiger partial charge in [-0.1, -0.05) is 49.3 Å². The maximum Gasteiger partial charge on any atom is 0.234 e. The van der Waals surface area contributed by atoms with Gasteiger partial charge in [-0.2, -0.15) is 0 Å². The molecule has 4 rings (SSSR count). The third-order valence-corrected chi connectivity index (χ3v) is 6.80. The minimum atomic E-state index is -0.113. The topological polar surface area (TPSA) is 82.2 Å². The van der Waals surface area contributed by atoms with Gasteiger partial charge in [-0.3, -0.25) is 9.36 Å². The third kappa shape index (κ3) is 6.90. The molecule has 0 fully saturated rings. The fourth-order valence-electron chi connectivity index (χ4n) is 3.39. The highest BCUT2D eigenvalue weighted by molar-refractivity contribution is 7.99. The summed E-state index contributed by atoms with van der Waals surface area (Å²) < 4.78 is 13.3. The van der Waals surface area contributed by atoms with Gasteiger partial charge in [0.15, 0.2) is 11.0 Å². The van der Waals surface area contributed by atoms with E-state index in [2.05, 4.69) is 41.5 Å². The normalized spacial score (nSPS) is 11.9. The van der Waals surface area contributed by atoms with Crippen LogP contribution in [0.2, 0.25) is 5.02 Å². The minimum Gasteiger partial charge on any atom is -0.486 e. The van der Waals surface area contributed by atoms with Crippen molar-refractivity contribution in [2.24, 2.45) is 0 Å². The number of furan rings is 1. The van der Waals surface area contributed by atoms with Crippen LogP contribution in [-0.4, -0.2) is 26.4 Å². The fraction of sp³-hybridized carbons (Fsp3) is 0.269. The molecule has 0 unspecified atom stereocenters. The monoisotopic (exact) mass is 510 g/mol. The van der Waals surface area contributed by atoms with Gasteiger partial charge in [-0.25, -0.2) is 0 Å². The molecule has 0 spiro atoms. The largest absolute Gasteiger partial charge is 0.486 e. The first kappa shape index (κ1) is 24.9. The maximum atomic E-state index is 12.6. The van der Waals surface area contributed by atoms with E-state index < -0.39 is 0 Å². The molecule has 2 aromatic carbocycles. The quantitative estimate of drug-likeness (QED) is 0.235. The Bertz CT molecular complexity index is 1220. The molecule has 0 aliphatic heterocycles. The van der Waals surface area contributed by atoms with E-state index in [0.29, 0.717) is 34.2 Å². The highest BCUT2D eigenvalue weighted by Gasteiger charge is 2.16. The molecule has 0 saturated heterocycles. The summed E-state index contributed by atoms with van der Waals surface area (Å²) in [7, 11) is 0. The molecule has 1 atom stereocenters. The van der Waals surface area contributed by atoms with E-state index in [1.54, 1.807) is 30.5 Å². The van der Waals surface area contributed by atoms with Gasteiger partial charge < -0.3 is 14.5 Å². The summed E-state index contributed by atoms with van der Waals surface area (Å²) in [6.45, 7) is 5.00. The van der Waals surface area contributed by atoms with Crippen molar-refractivity contribution in [3.8, 4) is 5.75 Å². The summed E-state index contributed by atoms with van der Waals surface area (Å²) in [4.78, 5) is 12.6. The summed E-state index contributed by atoms with van der Waals surface area (Å²) >= 11 is 7.26. The molecule has 2 heterocycles. The average molecular weight is 511 g/mol. The predicted octanol–water partition coefficient (Wildman–Crippen LogP) is 6.40. The van der Waals surface area contributed by atoms with Gasteiger partial charge in [-0.05, 0) is 66.4 Å². The van der Waals surface area contributed by atoms with Crippen LogP contribution in [0.15, 0.2) is 76.5 Å². The molecular weight excluding hydrogens is 484 g/mol. The number of rotatable bonds is 11. The molecule has 7 nitrogen and oxygen atoms in total. The first-order valence-corrected chi connectivity index (χ1v) is 12.7. The van der Waals surface area contributed by atoms with Gasteiger partial charge >= 0.3 is 0 Å². The number of nitrogens with one attached hydrogen (secondary N) is 1. The van der Waals surface area contributed by atoms with Gasteiger partial charge in [0.05, 0.1) is 18.6 Å². The number of ether oxygens (including phenoxy) is 1. The second-order valence-corrected chi connectivity index (χ2v) is 9.45. The van der Waals surface area contributed by atoms with Crippen LogP contribution < -0.4 is 10.1 Å². The third-order valence-electron chi connectivity index (χ3n) is 5.58. The fourth-order valence-corrected chi connectivity index (χ4v) is 4.27. The molecule has 1 N–H and O–H groups in total. The van der Waals surface area contributed by atoms with Crippen molar-refractivity contribution in [1.82, 2.24) is 14.8 Å². The van der Waals surface area contributed by atoms with Crippen molar-refractivity contribution in [2.45, 2.75) is 44.5 Å². The van der Waals surface area contributed by atoms with Crippen LogP contribution in [0.4, 0.5) is 5.69 Å². The Morgan fingerprint density at radius 1 is 1.14 bits per heavy atom. The lowest BCUT2D eigenvalue weighted by Gasteiger charge is -2.11. The Morgan fingerprint density at radius 2 is 1.91 bits per heavy atom. The Labute approximate surface area is 213 Å². The number of aromatic nitrogens is 3. The van der Waals surface area contributed by atoms with E-state index in [9.17, 15) is 4.79 Å². The van der Waals surface area contributed by atoms with Gasteiger partial charge in [-0.15, -0.1) is 10.2 Å². The van der Waals surface area contributed by atoms with Crippen LogP contribution >= 0.6 is 23.4 Å². The van der Waals surface area contributed by atoms with E-state index in [1.165, 1.54) is 17.3 Å². The SMILES string of the molecule is CC[C@@H](C)c1ccc(NC(=O)CSc2nnc(COc3ccc(Cl)cc3)n2Cc2ccco2)cc1. The number of halogens is 1. The Hall–Kier alpha value is -3.23. The number of carbonyl (C=O) groups excluding carboxylic acids is 1. The van der Waals surface area contributed by atoms with Crippen molar-refractivity contribution >= 4 is 35.0 Å². The van der Waals surface area contributed by atoms with Crippen LogP contribution in [0.25, 0.3) is 0 Å². The smallest absolute Gasteiger partial charge is 0.234 e. The van der Waals surface area contributed by atoms with Crippen molar-refractivity contribution < 1.29 is 13.9 Å². The molecule has 0 radical (unpaired) electrons. The molecule has 1 amide bonds. The lowest BCUT2D eigenvalue weighted by molar-refractivity contribution is -0.113. The average Bonchev–Trinajstić information content (AvgIpc) is 3.53. The van der Waals surface area contributed by atoms with E-state index in [4.69, 9.17) is 20.8 Å². The number of benzene rings is 2. The molecule has 35 heavy (non-hydrogen) atoms. The highest BCUT2D eigenvalue weighted by Crippen LogP contribution is 2.23. The van der Waals surface area contributed by atoms with E-state index in [-0.39, 0.29) is 18.3 Å². The van der Waals surface area contributed by atoms with Crippen molar-refractivity contribution in [1.29, 1.82) is 0 Å². The van der Waals surface area contributed by atoms with Crippen molar-refractivity contribution in [2.75, 3.05) is 11.1 Å². The van der Waals surface area contributed by atoms with Crippen LogP contribution in [0, 0.1) is 0 Å². The standard InChI is InChI=1S/C26H27ClN4O3S/c1-3-18(2)19-6-10-21(11-7-19)28-25(32)17-35-26-30-29-24(31(26)15-23-5-4-14-33-23)16-34-22-12-8-20(27)9-13-22/h4-14,18H,3,15-17H2,1-2H3,(H,28,32)/t18-/m1/s1. The second-order valence-electron chi connectivity index (χ2n) is 8.08. The highest BCUT2D eigenvalue weighted by atomic mass is 35.5. The van der Waals surface area contributed by atoms with E-state index in [1.807, 2.05) is 28.8 Å². The number of thioether (sulfide) groups is 1. The zero-order chi connectivity index (χ0) is 24.6. The van der Waals surface area contributed by atoms with E-state index >= 15 is 0 Å². The Balaban J connectivity index is 1.40. The lowest BCUT2D eigenvalue weighted by atomic mass is 9.99. The van der Waals surface area contributed by atoms with Gasteiger partial charge in [0, 0.05) is 10.7 Å². The molecule has 0 aliphatic carbocycles. The molecule has 0 saturated carbocycles. The van der Waals surface area contributed by atoms with Gasteiger partial charge in [0.2, 0.25) is 5.91 Å². The van der Waals surface area contributed by atoms with Gasteiger partial charge in [0.1, 0.15) is 18.1 Å². The molecule has 9 heteroatoms. The first-order chi connectivity index (χ1) is 17.0. The van der Waals surface area contributed by atoms with E-state index in [0.717, 1.165) is 17.9 Å². The van der Waals surface area contributed by atoms with Crippen LogP contribution in [0.1, 0.15) is 43.3 Å². The van der Waals surface area contributed by atoms with Crippen LogP contribution in [-0.2, 0) is 17.9 Å².